The van der Waals surface area contributed by atoms with Crippen molar-refractivity contribution >= 4 is 27.2 Å². The number of hydrogen-bond donors (Lipinski definition) is 0. The molecule has 1 atom stereocenters. The zero-order chi connectivity index (χ0) is 13.1. The van der Waals surface area contributed by atoms with Gasteiger partial charge in [-0.25, -0.2) is 0 Å². The zero-order valence-corrected chi connectivity index (χ0v) is 11.9. The van der Waals surface area contributed by atoms with Gasteiger partial charge in [0.15, 0.2) is 5.04 Å². The molecular weight excluding hydrogens is 278 g/mol. The highest BCUT2D eigenvalue weighted by molar-refractivity contribution is 8.01. The fraction of sp³-hybridized carbons (Fsp3) is 0.214. The highest BCUT2D eigenvalue weighted by Gasteiger charge is 2.21. The molecule has 2 aromatic rings. The predicted octanol–water partition coefficient (Wildman–Crippen LogP) is 2.78. The van der Waals surface area contributed by atoms with Crippen LogP contribution in [0.5, 0.6) is 0 Å². The summed E-state index contributed by atoms with van der Waals surface area (Å²) in [4.78, 5) is 6.07. The van der Waals surface area contributed by atoms with Crippen LogP contribution in [-0.2, 0) is 22.1 Å². The smallest absolute Gasteiger partial charge is 0.184 e. The van der Waals surface area contributed by atoms with Crippen molar-refractivity contribution in [3.63, 3.8) is 0 Å². The molecule has 0 saturated heterocycles. The minimum absolute atomic E-state index is 0.440. The lowest BCUT2D eigenvalue weighted by Crippen LogP contribution is -2.21. The van der Waals surface area contributed by atoms with Gasteiger partial charge in [0, 0.05) is 0 Å². The zero-order valence-electron chi connectivity index (χ0n) is 10.2. The maximum absolute atomic E-state index is 12.0. The van der Waals surface area contributed by atoms with E-state index in [9.17, 15) is 4.21 Å². The Morgan fingerprint density at radius 3 is 2.89 bits per heavy atom. The minimum atomic E-state index is -1.04. The largest absolute Gasteiger partial charge is 0.394 e. The second-order valence-corrected chi connectivity index (χ2v) is 6.62. The topological polar surface area (TPSA) is 38.7 Å². The fourth-order valence-corrected chi connectivity index (χ4v) is 4.09. The van der Waals surface area contributed by atoms with Gasteiger partial charge >= 0.3 is 0 Å². The van der Waals surface area contributed by atoms with Gasteiger partial charge in [0.25, 0.3) is 0 Å². The van der Waals surface area contributed by atoms with Crippen LogP contribution in [0.1, 0.15) is 16.0 Å². The van der Waals surface area contributed by atoms with E-state index in [-0.39, 0.29) is 0 Å². The number of nitrogens with zero attached hydrogens (tertiary/aromatic N) is 1. The van der Waals surface area contributed by atoms with Gasteiger partial charge in [-0.3, -0.25) is 4.21 Å². The Balaban J connectivity index is 1.90. The maximum Gasteiger partial charge on any atom is 0.184 e. The lowest BCUT2D eigenvalue weighted by molar-refractivity contribution is 0.159. The molecule has 0 spiro atoms. The average molecular weight is 291 g/mol. The molecule has 2 heterocycles. The molecule has 3 nitrogen and oxygen atoms in total. The van der Waals surface area contributed by atoms with Crippen molar-refractivity contribution in [1.29, 1.82) is 0 Å². The van der Waals surface area contributed by atoms with Crippen molar-refractivity contribution in [2.45, 2.75) is 6.42 Å². The van der Waals surface area contributed by atoms with Crippen molar-refractivity contribution in [3.05, 3.63) is 57.8 Å². The first-order chi connectivity index (χ1) is 9.34. The summed E-state index contributed by atoms with van der Waals surface area (Å²) in [7, 11) is -1.04. The van der Waals surface area contributed by atoms with E-state index in [0.717, 1.165) is 16.9 Å². The van der Waals surface area contributed by atoms with Gasteiger partial charge in [0.1, 0.15) is 6.61 Å². The molecule has 0 N–H and O–H groups in total. The Kier molecular flexibility index (Phi) is 3.75. The molecule has 98 valence electrons. The number of thiophene rings is 1. The van der Waals surface area contributed by atoms with Gasteiger partial charge < -0.3 is 4.84 Å². The molecular formula is C14H13NO2S2. The molecule has 1 aromatic heterocycles. The molecule has 1 aromatic carbocycles. The van der Waals surface area contributed by atoms with Crippen molar-refractivity contribution in [2.75, 3.05) is 12.4 Å². The second-order valence-electron chi connectivity index (χ2n) is 4.22. The van der Waals surface area contributed by atoms with Gasteiger partial charge in [-0.2, -0.15) is 0 Å². The summed E-state index contributed by atoms with van der Waals surface area (Å²) in [5.74, 6) is 0.529. The Morgan fingerprint density at radius 2 is 2.11 bits per heavy atom. The van der Waals surface area contributed by atoms with Crippen LogP contribution in [0.3, 0.4) is 0 Å². The van der Waals surface area contributed by atoms with Crippen LogP contribution in [-0.4, -0.2) is 21.6 Å². The molecule has 0 saturated carbocycles. The summed E-state index contributed by atoms with van der Waals surface area (Å²) in [6.07, 6.45) is 0.829. The monoisotopic (exact) mass is 291 g/mol. The van der Waals surface area contributed by atoms with Gasteiger partial charge in [0.05, 0.1) is 21.4 Å². The van der Waals surface area contributed by atoms with Crippen molar-refractivity contribution in [1.82, 2.24) is 0 Å². The Bertz CT molecular complexity index is 619. The first-order valence-corrected chi connectivity index (χ1v) is 8.23. The quantitative estimate of drug-likeness (QED) is 0.872. The highest BCUT2D eigenvalue weighted by atomic mass is 32.2. The SMILES string of the molecule is O=S1CCON=C1c1sccc1Cc1ccccc1. The Morgan fingerprint density at radius 1 is 1.26 bits per heavy atom. The molecule has 19 heavy (non-hydrogen) atoms. The van der Waals surface area contributed by atoms with E-state index in [2.05, 4.69) is 23.4 Å². The summed E-state index contributed by atoms with van der Waals surface area (Å²) in [5.41, 5.74) is 2.40. The van der Waals surface area contributed by atoms with Gasteiger partial charge in [-0.05, 0) is 29.0 Å². The molecule has 1 unspecified atom stereocenters. The molecule has 0 radical (unpaired) electrons. The van der Waals surface area contributed by atoms with E-state index >= 15 is 0 Å². The standard InChI is InChI=1S/C14H13NO2S2/c16-19-9-7-17-15-14(19)13-12(6-8-18-13)10-11-4-2-1-3-5-11/h1-6,8H,7,9-10H2. The van der Waals surface area contributed by atoms with E-state index in [4.69, 9.17) is 4.84 Å². The number of oxime groups is 1. The van der Waals surface area contributed by atoms with Crippen LogP contribution < -0.4 is 0 Å². The summed E-state index contributed by atoms with van der Waals surface area (Å²) in [6, 6.07) is 12.3. The summed E-state index contributed by atoms with van der Waals surface area (Å²) in [5, 5.41) is 6.59. The van der Waals surface area contributed by atoms with E-state index in [1.807, 2.05) is 23.6 Å². The van der Waals surface area contributed by atoms with E-state index in [0.29, 0.717) is 17.4 Å². The number of benzene rings is 1. The van der Waals surface area contributed by atoms with Crippen molar-refractivity contribution < 1.29 is 9.05 Å². The molecule has 0 amide bonds. The minimum Gasteiger partial charge on any atom is -0.394 e. The van der Waals surface area contributed by atoms with Gasteiger partial charge in [-0.15, -0.1) is 11.3 Å². The lowest BCUT2D eigenvalue weighted by Gasteiger charge is -2.11. The first kappa shape index (κ1) is 12.6. The summed E-state index contributed by atoms with van der Waals surface area (Å²) >= 11 is 1.58. The van der Waals surface area contributed by atoms with Crippen LogP contribution in [0.15, 0.2) is 46.9 Å². The number of hydrogen-bond acceptors (Lipinski definition) is 4. The van der Waals surface area contributed by atoms with E-state index in [1.54, 1.807) is 11.3 Å². The van der Waals surface area contributed by atoms with E-state index < -0.39 is 10.8 Å². The fourth-order valence-electron chi connectivity index (χ4n) is 1.98. The van der Waals surface area contributed by atoms with Crippen LogP contribution in [0.25, 0.3) is 0 Å². The van der Waals surface area contributed by atoms with Crippen LogP contribution >= 0.6 is 11.3 Å². The lowest BCUT2D eigenvalue weighted by atomic mass is 10.1. The van der Waals surface area contributed by atoms with Gasteiger partial charge in [0.2, 0.25) is 0 Å². The molecule has 1 aliphatic rings. The summed E-state index contributed by atoms with van der Waals surface area (Å²) in [6.45, 7) is 0.440. The molecule has 1 aliphatic heterocycles. The van der Waals surface area contributed by atoms with Crippen LogP contribution in [0, 0.1) is 0 Å². The van der Waals surface area contributed by atoms with E-state index in [1.165, 1.54) is 5.56 Å². The summed E-state index contributed by atoms with van der Waals surface area (Å²) < 4.78 is 12.0. The molecule has 0 fully saturated rings. The average Bonchev–Trinajstić information content (AvgIpc) is 2.88. The molecule has 3 rings (SSSR count). The Labute approximate surface area is 118 Å². The first-order valence-electron chi connectivity index (χ1n) is 6.03. The van der Waals surface area contributed by atoms with Gasteiger partial charge in [-0.1, -0.05) is 35.5 Å². The van der Waals surface area contributed by atoms with Crippen LogP contribution in [0.4, 0.5) is 0 Å². The Hall–Kier alpha value is -1.46. The predicted molar refractivity (Wildman–Crippen MR) is 79.1 cm³/mol. The van der Waals surface area contributed by atoms with Crippen LogP contribution in [0.2, 0.25) is 0 Å². The third-order valence-corrected chi connectivity index (χ3v) is 5.24. The van der Waals surface area contributed by atoms with Crippen molar-refractivity contribution in [2.24, 2.45) is 5.16 Å². The second kappa shape index (κ2) is 5.67. The highest BCUT2D eigenvalue weighted by Crippen LogP contribution is 2.23. The maximum atomic E-state index is 12.0. The third-order valence-electron chi connectivity index (χ3n) is 2.90. The molecule has 0 aliphatic carbocycles. The molecule has 0 bridgehead atoms. The van der Waals surface area contributed by atoms with Crippen molar-refractivity contribution in [3.8, 4) is 0 Å². The number of rotatable bonds is 3. The third kappa shape index (κ3) is 2.77. The normalized spacial score (nSPS) is 18.7. The molecule has 5 heteroatoms.